The van der Waals surface area contributed by atoms with Crippen LogP contribution in [0.25, 0.3) is 0 Å². The fourth-order valence-corrected chi connectivity index (χ4v) is 2.32. The normalized spacial score (nSPS) is 18.6. The van der Waals surface area contributed by atoms with Crippen molar-refractivity contribution >= 4 is 23.2 Å². The number of nitrogens with one attached hydrogen (secondary N) is 3. The molecule has 0 aliphatic carbocycles. The van der Waals surface area contributed by atoms with Gasteiger partial charge in [-0.3, -0.25) is 4.79 Å². The summed E-state index contributed by atoms with van der Waals surface area (Å²) >= 11 is 5.12. The molecule has 100 valence electrons. The molecule has 1 amide bonds. The van der Waals surface area contributed by atoms with Crippen molar-refractivity contribution in [1.82, 2.24) is 16.0 Å². The van der Waals surface area contributed by atoms with Crippen molar-refractivity contribution in [3.63, 3.8) is 0 Å². The first-order chi connectivity index (χ1) is 9.02. The smallest absolute Gasteiger partial charge is 0.251 e. The van der Waals surface area contributed by atoms with Gasteiger partial charge in [-0.25, -0.2) is 0 Å². The van der Waals surface area contributed by atoms with Gasteiger partial charge >= 0.3 is 0 Å². The lowest BCUT2D eigenvalue weighted by Crippen LogP contribution is -2.46. The zero-order chi connectivity index (χ0) is 14.0. The summed E-state index contributed by atoms with van der Waals surface area (Å²) in [7, 11) is 1.59. The molecule has 1 atom stereocenters. The predicted octanol–water partition coefficient (Wildman–Crippen LogP) is 0.931. The minimum absolute atomic E-state index is 0.168. The van der Waals surface area contributed by atoms with Crippen LogP contribution in [-0.4, -0.2) is 23.2 Å². The van der Waals surface area contributed by atoms with Gasteiger partial charge in [0.1, 0.15) is 5.75 Å². The average molecular weight is 277 g/mol. The Morgan fingerprint density at radius 2 is 2.00 bits per heavy atom. The summed E-state index contributed by atoms with van der Waals surface area (Å²) in [6.45, 7) is 1.81. The highest BCUT2D eigenvalue weighted by molar-refractivity contribution is 7.80. The van der Waals surface area contributed by atoms with E-state index in [4.69, 9.17) is 12.2 Å². The lowest BCUT2D eigenvalue weighted by atomic mass is 9.95. The molecular formula is C13H15N3O2S. The monoisotopic (exact) mass is 277 g/mol. The van der Waals surface area contributed by atoms with Crippen molar-refractivity contribution in [3.8, 4) is 5.75 Å². The molecule has 4 N–H and O–H groups in total. The minimum Gasteiger partial charge on any atom is -0.508 e. The number of amides is 1. The van der Waals surface area contributed by atoms with E-state index >= 15 is 0 Å². The number of carbonyl (C=O) groups excluding carboxylic acids is 1. The number of rotatable bonds is 2. The van der Waals surface area contributed by atoms with E-state index in [2.05, 4.69) is 16.0 Å². The van der Waals surface area contributed by atoms with E-state index in [-0.39, 0.29) is 17.7 Å². The Balaban J connectivity index is 2.46. The summed E-state index contributed by atoms with van der Waals surface area (Å²) < 4.78 is 0. The Bertz CT molecular complexity index is 552. The van der Waals surface area contributed by atoms with Crippen molar-refractivity contribution in [2.24, 2.45) is 0 Å². The second-order valence-electron chi connectivity index (χ2n) is 4.24. The van der Waals surface area contributed by atoms with Crippen LogP contribution in [0.5, 0.6) is 5.75 Å². The molecule has 5 nitrogen and oxygen atoms in total. The maximum absolute atomic E-state index is 12.0. The number of carbonyl (C=O) groups is 1. The minimum atomic E-state index is -0.325. The highest BCUT2D eigenvalue weighted by Crippen LogP contribution is 2.27. The lowest BCUT2D eigenvalue weighted by molar-refractivity contribution is -0.117. The summed E-state index contributed by atoms with van der Waals surface area (Å²) in [4.78, 5) is 12.0. The van der Waals surface area contributed by atoms with Crippen molar-refractivity contribution in [2.45, 2.75) is 13.0 Å². The standard InChI is InChI=1S/C13H15N3O2S/c1-7-10(12(18)14-2)11(16-13(19)15-7)8-3-5-9(17)6-4-8/h3-6,11,17H,1-2H3,(H,14,18)(H2,15,16,19). The van der Waals surface area contributed by atoms with Crippen molar-refractivity contribution in [1.29, 1.82) is 0 Å². The zero-order valence-electron chi connectivity index (χ0n) is 10.7. The van der Waals surface area contributed by atoms with Crippen molar-refractivity contribution in [3.05, 3.63) is 41.1 Å². The van der Waals surface area contributed by atoms with Crippen molar-refractivity contribution < 1.29 is 9.90 Å². The van der Waals surface area contributed by atoms with Crippen LogP contribution >= 0.6 is 12.2 Å². The maximum atomic E-state index is 12.0. The van der Waals surface area contributed by atoms with E-state index < -0.39 is 0 Å². The molecule has 2 rings (SSSR count). The van der Waals surface area contributed by atoms with Crippen molar-refractivity contribution in [2.75, 3.05) is 7.05 Å². The van der Waals surface area contributed by atoms with Crippen LogP contribution in [0.15, 0.2) is 35.5 Å². The average Bonchev–Trinajstić information content (AvgIpc) is 2.38. The van der Waals surface area contributed by atoms with Gasteiger partial charge in [-0.05, 0) is 36.8 Å². The summed E-state index contributed by atoms with van der Waals surface area (Å²) in [5, 5.41) is 18.4. The SMILES string of the molecule is CNC(=O)C1=C(C)NC(=S)NC1c1ccc(O)cc1. The third kappa shape index (κ3) is 2.68. The molecule has 1 aliphatic rings. The topological polar surface area (TPSA) is 73.4 Å². The van der Waals surface area contributed by atoms with Crippen LogP contribution in [0.3, 0.4) is 0 Å². The number of hydrogen-bond donors (Lipinski definition) is 4. The molecule has 0 aromatic heterocycles. The molecule has 1 unspecified atom stereocenters. The molecule has 0 saturated heterocycles. The molecule has 0 fully saturated rings. The molecule has 0 saturated carbocycles. The third-order valence-electron chi connectivity index (χ3n) is 2.97. The number of hydrogen-bond acceptors (Lipinski definition) is 3. The molecule has 1 aliphatic heterocycles. The van der Waals surface area contributed by atoms with Crippen LogP contribution in [-0.2, 0) is 4.79 Å². The predicted molar refractivity (Wildman–Crippen MR) is 76.5 cm³/mol. The van der Waals surface area contributed by atoms with E-state index in [1.54, 1.807) is 31.3 Å². The maximum Gasteiger partial charge on any atom is 0.251 e. The molecule has 1 aromatic carbocycles. The van der Waals surface area contributed by atoms with Gasteiger partial charge < -0.3 is 21.1 Å². The first-order valence-corrected chi connectivity index (χ1v) is 6.23. The largest absolute Gasteiger partial charge is 0.508 e. The van der Waals surface area contributed by atoms with E-state index in [0.717, 1.165) is 11.3 Å². The van der Waals surface area contributed by atoms with Crippen LogP contribution < -0.4 is 16.0 Å². The number of aromatic hydroxyl groups is 1. The lowest BCUT2D eigenvalue weighted by Gasteiger charge is -2.30. The van der Waals surface area contributed by atoms with E-state index in [9.17, 15) is 9.90 Å². The number of phenolic OH excluding ortho intramolecular Hbond substituents is 1. The van der Waals surface area contributed by atoms with Crippen LogP contribution in [0, 0.1) is 0 Å². The van der Waals surface area contributed by atoms with Crippen LogP contribution in [0.2, 0.25) is 0 Å². The number of allylic oxidation sites excluding steroid dienone is 1. The Kier molecular flexibility index (Phi) is 3.71. The van der Waals surface area contributed by atoms with Gasteiger partial charge in [0.2, 0.25) is 0 Å². The Hall–Kier alpha value is -2.08. The highest BCUT2D eigenvalue weighted by Gasteiger charge is 2.29. The third-order valence-corrected chi connectivity index (χ3v) is 3.19. The second-order valence-corrected chi connectivity index (χ2v) is 4.65. The number of phenols is 1. The number of thiocarbonyl (C=S) groups is 1. The zero-order valence-corrected chi connectivity index (χ0v) is 11.5. The molecular weight excluding hydrogens is 262 g/mol. The summed E-state index contributed by atoms with van der Waals surface area (Å²) in [5.74, 6) is 0.0144. The van der Waals surface area contributed by atoms with Gasteiger partial charge in [0, 0.05) is 12.7 Å². The van der Waals surface area contributed by atoms with Gasteiger partial charge in [-0.1, -0.05) is 12.1 Å². The number of benzene rings is 1. The van der Waals surface area contributed by atoms with Crippen LogP contribution in [0.1, 0.15) is 18.5 Å². The van der Waals surface area contributed by atoms with Gasteiger partial charge in [0.15, 0.2) is 5.11 Å². The molecule has 0 bridgehead atoms. The van der Waals surface area contributed by atoms with Gasteiger partial charge in [0.25, 0.3) is 5.91 Å². The van der Waals surface area contributed by atoms with Gasteiger partial charge in [-0.15, -0.1) is 0 Å². The fourth-order valence-electron chi connectivity index (χ4n) is 2.05. The van der Waals surface area contributed by atoms with Gasteiger partial charge in [0.05, 0.1) is 11.6 Å². The fraction of sp³-hybridized carbons (Fsp3) is 0.231. The molecule has 0 spiro atoms. The molecule has 0 radical (unpaired) electrons. The number of likely N-dealkylation sites (N-methyl/N-ethyl adjacent to an activating group) is 1. The summed E-state index contributed by atoms with van der Waals surface area (Å²) in [5.41, 5.74) is 2.17. The van der Waals surface area contributed by atoms with Gasteiger partial charge in [-0.2, -0.15) is 0 Å². The molecule has 1 heterocycles. The first-order valence-electron chi connectivity index (χ1n) is 5.82. The quantitative estimate of drug-likeness (QED) is 0.605. The Labute approximate surface area is 116 Å². The molecule has 19 heavy (non-hydrogen) atoms. The Morgan fingerprint density at radius 3 is 2.58 bits per heavy atom. The summed E-state index contributed by atoms with van der Waals surface area (Å²) in [6.07, 6.45) is 0. The second kappa shape index (κ2) is 5.27. The van der Waals surface area contributed by atoms with Crippen LogP contribution in [0.4, 0.5) is 0 Å². The molecule has 1 aromatic rings. The van der Waals surface area contributed by atoms with E-state index in [0.29, 0.717) is 10.7 Å². The first kappa shape index (κ1) is 13.4. The molecule has 6 heteroatoms. The Morgan fingerprint density at radius 1 is 1.37 bits per heavy atom. The summed E-state index contributed by atoms with van der Waals surface area (Å²) in [6, 6.07) is 6.36. The van der Waals surface area contributed by atoms with E-state index in [1.807, 2.05) is 6.92 Å². The van der Waals surface area contributed by atoms with E-state index in [1.165, 1.54) is 0 Å². The highest BCUT2D eigenvalue weighted by atomic mass is 32.1.